The van der Waals surface area contributed by atoms with Crippen molar-refractivity contribution in [2.45, 2.75) is 64.7 Å². The number of imide groups is 1. The van der Waals surface area contributed by atoms with E-state index in [4.69, 9.17) is 4.98 Å². The SMILES string of the molecule is CCCCc1nc2sc3c(c2c(=O)n1N(C(=O)Cc1ccccc1)C(=O)Cc1ccccc1)CCCC3. The highest BCUT2D eigenvalue weighted by atomic mass is 32.1. The Bertz CT molecular complexity index is 1420. The molecule has 0 atom stereocenters. The fraction of sp³-hybridized carbons (Fsp3) is 0.333. The second kappa shape index (κ2) is 11.2. The lowest BCUT2D eigenvalue weighted by atomic mass is 9.97. The highest BCUT2D eigenvalue weighted by Gasteiger charge is 2.30. The van der Waals surface area contributed by atoms with Gasteiger partial charge in [-0.05, 0) is 48.8 Å². The van der Waals surface area contributed by atoms with Crippen LogP contribution < -0.4 is 10.6 Å². The number of carbonyl (C=O) groups excluding carboxylic acids is 2. The van der Waals surface area contributed by atoms with Crippen molar-refractivity contribution in [1.82, 2.24) is 9.66 Å². The van der Waals surface area contributed by atoms with Crippen LogP contribution in [0.3, 0.4) is 0 Å². The standard InChI is InChI=1S/C30H31N3O3S/c1-2-3-18-25-31-29-28(23-16-10-11-17-24(23)37-29)30(36)32(25)33(26(34)19-21-12-6-4-7-13-21)27(35)20-22-14-8-5-9-15-22/h4-9,12-15H,2-3,10-11,16-20H2,1H3. The number of aromatic nitrogens is 2. The number of benzene rings is 2. The summed E-state index contributed by atoms with van der Waals surface area (Å²) in [5.41, 5.74) is 2.31. The molecule has 2 aromatic carbocycles. The lowest BCUT2D eigenvalue weighted by molar-refractivity contribution is -0.128. The Balaban J connectivity index is 1.66. The third-order valence-corrected chi connectivity index (χ3v) is 8.04. The van der Waals surface area contributed by atoms with Gasteiger partial charge in [0, 0.05) is 11.3 Å². The summed E-state index contributed by atoms with van der Waals surface area (Å²) in [6.45, 7) is 2.07. The van der Waals surface area contributed by atoms with E-state index in [9.17, 15) is 14.4 Å². The zero-order chi connectivity index (χ0) is 25.8. The van der Waals surface area contributed by atoms with Crippen molar-refractivity contribution in [3.63, 3.8) is 0 Å². The maximum Gasteiger partial charge on any atom is 0.282 e. The molecule has 6 nitrogen and oxygen atoms in total. The third-order valence-electron chi connectivity index (χ3n) is 6.86. The number of unbranched alkanes of at least 4 members (excludes halogenated alkanes) is 1. The second-order valence-corrected chi connectivity index (χ2v) is 10.6. The molecule has 0 fully saturated rings. The van der Waals surface area contributed by atoms with Gasteiger partial charge >= 0.3 is 0 Å². The zero-order valence-electron chi connectivity index (χ0n) is 21.1. The van der Waals surface area contributed by atoms with Crippen LogP contribution in [0.1, 0.15) is 60.0 Å². The largest absolute Gasteiger partial charge is 0.282 e. The van der Waals surface area contributed by atoms with Crippen LogP contribution in [0.2, 0.25) is 0 Å². The molecule has 0 saturated carbocycles. The molecular formula is C30H31N3O3S. The molecule has 5 rings (SSSR count). The first-order valence-electron chi connectivity index (χ1n) is 13.1. The molecule has 0 N–H and O–H groups in total. The van der Waals surface area contributed by atoms with Gasteiger partial charge in [-0.3, -0.25) is 14.4 Å². The highest BCUT2D eigenvalue weighted by Crippen LogP contribution is 2.34. The summed E-state index contributed by atoms with van der Waals surface area (Å²) in [6.07, 6.45) is 6.16. The van der Waals surface area contributed by atoms with E-state index in [1.165, 1.54) is 9.55 Å². The van der Waals surface area contributed by atoms with Crippen LogP contribution in [-0.4, -0.2) is 21.5 Å². The van der Waals surface area contributed by atoms with Crippen LogP contribution in [0.5, 0.6) is 0 Å². The van der Waals surface area contributed by atoms with Gasteiger partial charge in [-0.2, -0.15) is 9.69 Å². The first-order chi connectivity index (χ1) is 18.1. The summed E-state index contributed by atoms with van der Waals surface area (Å²) in [6, 6.07) is 18.7. The Kier molecular flexibility index (Phi) is 7.60. The van der Waals surface area contributed by atoms with Crippen molar-refractivity contribution in [3.8, 4) is 0 Å². The van der Waals surface area contributed by atoms with Crippen LogP contribution >= 0.6 is 11.3 Å². The Hall–Kier alpha value is -3.58. The molecule has 0 saturated heterocycles. The minimum absolute atomic E-state index is 0.0147. The minimum Gasteiger partial charge on any atom is -0.272 e. The van der Waals surface area contributed by atoms with Crippen molar-refractivity contribution in [3.05, 3.63) is 98.4 Å². The molecule has 0 unspecified atom stereocenters. The first kappa shape index (κ1) is 25.1. The Morgan fingerprint density at radius 3 is 2.11 bits per heavy atom. The topological polar surface area (TPSA) is 72.3 Å². The molecule has 2 aromatic heterocycles. The van der Waals surface area contributed by atoms with E-state index in [1.807, 2.05) is 60.7 Å². The summed E-state index contributed by atoms with van der Waals surface area (Å²) in [7, 11) is 0. The first-order valence-corrected chi connectivity index (χ1v) is 13.9. The normalized spacial score (nSPS) is 12.9. The fourth-order valence-electron chi connectivity index (χ4n) is 4.99. The number of amides is 2. The Morgan fingerprint density at radius 1 is 0.919 bits per heavy atom. The molecular weight excluding hydrogens is 482 g/mol. The average molecular weight is 514 g/mol. The Morgan fingerprint density at radius 2 is 1.51 bits per heavy atom. The monoisotopic (exact) mass is 513 g/mol. The fourth-order valence-corrected chi connectivity index (χ4v) is 6.27. The van der Waals surface area contributed by atoms with Crippen molar-refractivity contribution in [2.75, 3.05) is 5.01 Å². The predicted octanol–water partition coefficient (Wildman–Crippen LogP) is 5.16. The average Bonchev–Trinajstić information content (AvgIpc) is 3.29. The quantitative estimate of drug-likeness (QED) is 0.326. The molecule has 0 radical (unpaired) electrons. The van der Waals surface area contributed by atoms with E-state index in [-0.39, 0.29) is 18.4 Å². The van der Waals surface area contributed by atoms with Gasteiger partial charge in [0.2, 0.25) is 0 Å². The molecule has 0 bridgehead atoms. The van der Waals surface area contributed by atoms with Gasteiger partial charge in [0.25, 0.3) is 17.4 Å². The van der Waals surface area contributed by atoms with Gasteiger partial charge < -0.3 is 0 Å². The molecule has 4 aromatic rings. The summed E-state index contributed by atoms with van der Waals surface area (Å²) in [4.78, 5) is 48.6. The van der Waals surface area contributed by atoms with E-state index in [0.29, 0.717) is 17.6 Å². The Labute approximate surface area is 220 Å². The molecule has 190 valence electrons. The van der Waals surface area contributed by atoms with Crippen molar-refractivity contribution >= 4 is 33.4 Å². The van der Waals surface area contributed by atoms with E-state index >= 15 is 0 Å². The predicted molar refractivity (Wildman–Crippen MR) is 148 cm³/mol. The van der Waals surface area contributed by atoms with Crippen LogP contribution in [0.25, 0.3) is 10.2 Å². The van der Waals surface area contributed by atoms with Crippen molar-refractivity contribution in [1.29, 1.82) is 0 Å². The van der Waals surface area contributed by atoms with Gasteiger partial charge in [-0.15, -0.1) is 11.3 Å². The summed E-state index contributed by atoms with van der Waals surface area (Å²) >= 11 is 1.59. The molecule has 2 heterocycles. The number of rotatable bonds is 8. The maximum atomic E-state index is 14.2. The van der Waals surface area contributed by atoms with Crippen LogP contribution in [0.4, 0.5) is 0 Å². The number of aryl methyl sites for hydroxylation is 3. The van der Waals surface area contributed by atoms with E-state index in [1.54, 1.807) is 11.3 Å². The number of hydrogen-bond acceptors (Lipinski definition) is 5. The van der Waals surface area contributed by atoms with E-state index < -0.39 is 11.8 Å². The number of fused-ring (bicyclic) bond motifs is 3. The van der Waals surface area contributed by atoms with Crippen molar-refractivity contribution < 1.29 is 9.59 Å². The molecule has 37 heavy (non-hydrogen) atoms. The van der Waals surface area contributed by atoms with Gasteiger partial charge in [0.15, 0.2) is 0 Å². The minimum atomic E-state index is -0.433. The molecule has 1 aliphatic carbocycles. The molecule has 1 aliphatic rings. The van der Waals surface area contributed by atoms with Gasteiger partial charge in [0.1, 0.15) is 10.7 Å². The molecule has 0 spiro atoms. The number of nitrogens with zero attached hydrogens (tertiary/aromatic N) is 3. The zero-order valence-corrected chi connectivity index (χ0v) is 21.9. The lowest BCUT2D eigenvalue weighted by Gasteiger charge is -2.25. The van der Waals surface area contributed by atoms with Gasteiger partial charge in [0.05, 0.1) is 18.2 Å². The van der Waals surface area contributed by atoms with Gasteiger partial charge in [-0.1, -0.05) is 74.0 Å². The second-order valence-electron chi connectivity index (χ2n) is 9.56. The number of carbonyl (C=O) groups is 2. The lowest BCUT2D eigenvalue weighted by Crippen LogP contribution is -2.53. The molecule has 7 heteroatoms. The third kappa shape index (κ3) is 5.27. The van der Waals surface area contributed by atoms with Crippen LogP contribution in [-0.2, 0) is 41.7 Å². The smallest absolute Gasteiger partial charge is 0.272 e. The number of thiophene rings is 1. The van der Waals surface area contributed by atoms with Crippen molar-refractivity contribution in [2.24, 2.45) is 0 Å². The molecule has 2 amide bonds. The highest BCUT2D eigenvalue weighted by molar-refractivity contribution is 7.18. The summed E-state index contributed by atoms with van der Waals surface area (Å²) in [5.74, 6) is -0.393. The number of hydrogen-bond donors (Lipinski definition) is 0. The summed E-state index contributed by atoms with van der Waals surface area (Å²) in [5, 5.41) is 1.65. The molecule has 0 aliphatic heterocycles. The van der Waals surface area contributed by atoms with Crippen LogP contribution in [0, 0.1) is 0 Å². The van der Waals surface area contributed by atoms with Crippen LogP contribution in [0.15, 0.2) is 65.5 Å². The van der Waals surface area contributed by atoms with Gasteiger partial charge in [-0.25, -0.2) is 4.98 Å². The van der Waals surface area contributed by atoms with E-state index in [2.05, 4.69) is 6.92 Å². The van der Waals surface area contributed by atoms with E-state index in [0.717, 1.165) is 65.1 Å². The summed E-state index contributed by atoms with van der Waals surface area (Å²) < 4.78 is 1.30. The maximum absolute atomic E-state index is 14.2.